The molecule has 1 atom stereocenters. The maximum absolute atomic E-state index is 13.8. The second kappa shape index (κ2) is 13.6. The number of halogens is 1. The number of piperidine rings is 1. The first-order valence-corrected chi connectivity index (χ1v) is 13.8. The van der Waals surface area contributed by atoms with E-state index in [4.69, 9.17) is 9.72 Å². The molecule has 0 radical (unpaired) electrons. The van der Waals surface area contributed by atoms with Crippen LogP contribution < -0.4 is 0 Å². The Morgan fingerprint density at radius 1 is 1.24 bits per heavy atom. The molecule has 1 unspecified atom stereocenters. The number of aliphatic imine (C=N–C) groups is 1. The van der Waals surface area contributed by atoms with Gasteiger partial charge in [0, 0.05) is 18.2 Å². The maximum Gasteiger partial charge on any atom is 0.126 e. The highest BCUT2D eigenvalue weighted by atomic mass is 19.1. The lowest BCUT2D eigenvalue weighted by Gasteiger charge is -2.32. The number of hydrogen-bond acceptors (Lipinski definition) is 4. The van der Waals surface area contributed by atoms with E-state index in [1.54, 1.807) is 6.07 Å². The molecular weight excluding hydrogens is 475 g/mol. The zero-order valence-corrected chi connectivity index (χ0v) is 23.1. The average Bonchev–Trinajstić information content (AvgIpc) is 3.24. The van der Waals surface area contributed by atoms with Gasteiger partial charge in [-0.25, -0.2) is 9.37 Å². The van der Waals surface area contributed by atoms with E-state index in [1.165, 1.54) is 17.1 Å². The first-order valence-electron chi connectivity index (χ1n) is 13.8. The van der Waals surface area contributed by atoms with Crippen molar-refractivity contribution in [3.05, 3.63) is 89.2 Å². The molecule has 0 aliphatic carbocycles. The minimum Gasteiger partial charge on any atom is -0.377 e. The van der Waals surface area contributed by atoms with E-state index in [2.05, 4.69) is 60.1 Å². The summed E-state index contributed by atoms with van der Waals surface area (Å²) >= 11 is 0. The molecule has 0 bridgehead atoms. The summed E-state index contributed by atoms with van der Waals surface area (Å²) in [7, 11) is 0. The van der Waals surface area contributed by atoms with Crippen molar-refractivity contribution in [3.63, 3.8) is 0 Å². The Bertz CT molecular complexity index is 1270. The fraction of sp³-hybridized carbons (Fsp3) is 0.438. The summed E-state index contributed by atoms with van der Waals surface area (Å²) in [5, 5.41) is 0. The molecular formula is C32H41FN4O. The number of likely N-dealkylation sites (tertiary alicyclic amines) is 1. The molecule has 0 saturated carbocycles. The van der Waals surface area contributed by atoms with Crippen LogP contribution in [0.4, 0.5) is 4.39 Å². The van der Waals surface area contributed by atoms with Crippen LogP contribution in [0.1, 0.15) is 50.1 Å². The number of aromatic nitrogens is 2. The lowest BCUT2D eigenvalue weighted by Crippen LogP contribution is -2.34. The number of allylic oxidation sites excluding steroid dienone is 4. The second-order valence-electron chi connectivity index (χ2n) is 10.3. The fourth-order valence-corrected chi connectivity index (χ4v) is 5.17. The molecule has 2 heterocycles. The number of aryl methyl sites for hydroxylation is 1. The van der Waals surface area contributed by atoms with Crippen LogP contribution in [0.5, 0.6) is 0 Å². The van der Waals surface area contributed by atoms with Crippen LogP contribution in [0.3, 0.4) is 0 Å². The summed E-state index contributed by atoms with van der Waals surface area (Å²) < 4.78 is 22.2. The van der Waals surface area contributed by atoms with Gasteiger partial charge in [0.25, 0.3) is 0 Å². The Hall–Kier alpha value is -3.09. The van der Waals surface area contributed by atoms with Crippen molar-refractivity contribution in [3.8, 4) is 0 Å². The molecule has 1 aromatic heterocycles. The van der Waals surface area contributed by atoms with E-state index in [-0.39, 0.29) is 11.9 Å². The van der Waals surface area contributed by atoms with Gasteiger partial charge in [0.15, 0.2) is 0 Å². The topological polar surface area (TPSA) is 42.7 Å². The summed E-state index contributed by atoms with van der Waals surface area (Å²) in [4.78, 5) is 11.9. The molecule has 1 saturated heterocycles. The fourth-order valence-electron chi connectivity index (χ4n) is 5.17. The highest BCUT2D eigenvalue weighted by Crippen LogP contribution is 2.27. The molecule has 1 aliphatic heterocycles. The van der Waals surface area contributed by atoms with E-state index in [0.29, 0.717) is 17.9 Å². The van der Waals surface area contributed by atoms with Crippen LogP contribution in [0.2, 0.25) is 0 Å². The summed E-state index contributed by atoms with van der Waals surface area (Å²) in [6.45, 7) is 14.6. The van der Waals surface area contributed by atoms with Crippen molar-refractivity contribution in [2.45, 2.75) is 65.6 Å². The van der Waals surface area contributed by atoms with Crippen LogP contribution in [-0.4, -0.2) is 47.0 Å². The van der Waals surface area contributed by atoms with Gasteiger partial charge in [-0.05, 0) is 94.7 Å². The standard InChI is InChI=1S/C32H41FN4O/c1-5-20-38-25(3)22-37-31-15-14-24(2)21-30(31)35-32(37)23-36-18-16-27(17-19-36)29(34-4)13-9-7-11-26-10-6-8-12-28(26)33/h6-10,12-15,21,25,27H,4-5,11,16-20,22-23H2,1-3H3/b9-7-,29-13-. The van der Waals surface area contributed by atoms with Crippen LogP contribution in [0.15, 0.2) is 71.4 Å². The van der Waals surface area contributed by atoms with Crippen LogP contribution in [0, 0.1) is 18.7 Å². The van der Waals surface area contributed by atoms with E-state index in [0.717, 1.165) is 69.1 Å². The number of fused-ring (bicyclic) bond motifs is 1. The van der Waals surface area contributed by atoms with Crippen molar-refractivity contribution >= 4 is 17.8 Å². The number of rotatable bonds is 12. The second-order valence-corrected chi connectivity index (χ2v) is 10.3. The van der Waals surface area contributed by atoms with Crippen molar-refractivity contribution in [1.29, 1.82) is 0 Å². The summed E-state index contributed by atoms with van der Waals surface area (Å²) in [5.74, 6) is 1.32. The van der Waals surface area contributed by atoms with Crippen molar-refractivity contribution < 1.29 is 9.13 Å². The predicted molar refractivity (Wildman–Crippen MR) is 155 cm³/mol. The molecule has 1 aliphatic rings. The van der Waals surface area contributed by atoms with E-state index in [1.807, 2.05) is 30.4 Å². The zero-order valence-electron chi connectivity index (χ0n) is 23.1. The average molecular weight is 517 g/mol. The molecule has 6 heteroatoms. The smallest absolute Gasteiger partial charge is 0.126 e. The first kappa shape index (κ1) is 27.9. The van der Waals surface area contributed by atoms with Crippen LogP contribution in [-0.2, 0) is 24.2 Å². The summed E-state index contributed by atoms with van der Waals surface area (Å²) in [5.41, 5.74) is 5.17. The van der Waals surface area contributed by atoms with E-state index < -0.39 is 0 Å². The molecule has 202 valence electrons. The van der Waals surface area contributed by atoms with Crippen molar-refractivity contribution in [1.82, 2.24) is 14.5 Å². The molecule has 0 spiro atoms. The number of imidazole rings is 1. The number of hydrogen-bond donors (Lipinski definition) is 0. The molecule has 3 aromatic rings. The van der Waals surface area contributed by atoms with Gasteiger partial charge >= 0.3 is 0 Å². The summed E-state index contributed by atoms with van der Waals surface area (Å²) in [6.07, 6.45) is 9.78. The lowest BCUT2D eigenvalue weighted by molar-refractivity contribution is 0.0543. The molecule has 0 N–H and O–H groups in total. The van der Waals surface area contributed by atoms with Crippen molar-refractivity contribution in [2.24, 2.45) is 10.9 Å². The SMILES string of the molecule is C=N/C(=C\C=C/Cc1ccccc1F)C1CCN(Cc2nc3cc(C)ccc3n2CC(C)OCCC)CC1. The largest absolute Gasteiger partial charge is 0.377 e. The molecule has 5 nitrogen and oxygen atoms in total. The van der Waals surface area contributed by atoms with Gasteiger partial charge in [-0.15, -0.1) is 0 Å². The van der Waals surface area contributed by atoms with E-state index in [9.17, 15) is 4.39 Å². The number of benzene rings is 2. The van der Waals surface area contributed by atoms with Gasteiger partial charge in [0.05, 0.1) is 30.2 Å². The van der Waals surface area contributed by atoms with Gasteiger partial charge in [0.1, 0.15) is 11.6 Å². The maximum atomic E-state index is 13.8. The Morgan fingerprint density at radius 3 is 2.76 bits per heavy atom. The van der Waals surface area contributed by atoms with Gasteiger partial charge in [-0.2, -0.15) is 0 Å². The quantitative estimate of drug-likeness (QED) is 0.194. The highest BCUT2D eigenvalue weighted by Gasteiger charge is 2.24. The molecule has 2 aromatic carbocycles. The molecule has 38 heavy (non-hydrogen) atoms. The monoisotopic (exact) mass is 516 g/mol. The zero-order chi connectivity index (χ0) is 26.9. The lowest BCUT2D eigenvalue weighted by atomic mass is 9.93. The third kappa shape index (κ3) is 7.27. The van der Waals surface area contributed by atoms with Crippen LogP contribution in [0.25, 0.3) is 11.0 Å². The third-order valence-corrected chi connectivity index (χ3v) is 7.28. The van der Waals surface area contributed by atoms with Crippen LogP contribution >= 0.6 is 0 Å². The molecule has 4 rings (SSSR count). The van der Waals surface area contributed by atoms with Gasteiger partial charge in [0.2, 0.25) is 0 Å². The Labute approximate surface area is 226 Å². The minimum absolute atomic E-state index is 0.135. The Morgan fingerprint density at radius 2 is 2.03 bits per heavy atom. The minimum atomic E-state index is -0.165. The van der Waals surface area contributed by atoms with E-state index >= 15 is 0 Å². The Balaban J connectivity index is 1.38. The van der Waals surface area contributed by atoms with Gasteiger partial charge in [-0.1, -0.05) is 43.3 Å². The first-order chi connectivity index (χ1) is 18.5. The highest BCUT2D eigenvalue weighted by molar-refractivity contribution is 5.76. The normalized spacial score (nSPS) is 16.5. The van der Waals surface area contributed by atoms with Crippen molar-refractivity contribution in [2.75, 3.05) is 19.7 Å². The van der Waals surface area contributed by atoms with Gasteiger partial charge in [-0.3, -0.25) is 9.89 Å². The Kier molecular flexibility index (Phi) is 10.0. The van der Waals surface area contributed by atoms with Gasteiger partial charge < -0.3 is 9.30 Å². The molecule has 1 fully saturated rings. The number of ether oxygens (including phenoxy) is 1. The predicted octanol–water partition coefficient (Wildman–Crippen LogP) is 6.89. The number of nitrogens with zero attached hydrogens (tertiary/aromatic N) is 4. The third-order valence-electron chi connectivity index (χ3n) is 7.28. The summed E-state index contributed by atoms with van der Waals surface area (Å²) in [6, 6.07) is 13.4. The molecule has 0 amide bonds.